The molecule has 2 atom stereocenters. The fourth-order valence-corrected chi connectivity index (χ4v) is 3.28. The second-order valence-electron chi connectivity index (χ2n) is 7.38. The fourth-order valence-electron chi connectivity index (χ4n) is 3.28. The monoisotopic (exact) mass is 421 g/mol. The molecule has 1 aromatic heterocycles. The zero-order chi connectivity index (χ0) is 22.4. The Morgan fingerprint density at radius 1 is 1.00 bits per heavy atom. The van der Waals surface area contributed by atoms with Crippen LogP contribution in [0.25, 0.3) is 11.1 Å². The lowest BCUT2D eigenvalue weighted by Gasteiger charge is -2.21. The van der Waals surface area contributed by atoms with Crippen molar-refractivity contribution in [1.82, 2.24) is 15.5 Å². The molecule has 0 fully saturated rings. The van der Waals surface area contributed by atoms with E-state index in [4.69, 9.17) is 5.11 Å². The molecule has 3 aromatic rings. The van der Waals surface area contributed by atoms with Crippen molar-refractivity contribution in [2.24, 2.45) is 5.92 Å². The Morgan fingerprint density at radius 2 is 1.65 bits per heavy atom. The third-order valence-electron chi connectivity index (χ3n) is 4.98. The molecule has 0 aliphatic heterocycles. The number of aliphatic carboxylic acids is 1. The minimum atomic E-state index is -1.25. The standard InChI is InChI=1S/C23H23N3O5/c1-14(22(28)29)11-18(24-21(27)19-13-20(23(30)31)26-25-19)12-15-7-9-17(10-8-15)16-5-3-2-4-6-16/h2-10,13-14,18H,11-12H2,1H3,(H,24,27)(H,25,26)(H,28,29)(H,30,31)/t14-,18?/m1/s1. The van der Waals surface area contributed by atoms with Gasteiger partial charge in [-0.25, -0.2) is 4.79 Å². The van der Waals surface area contributed by atoms with Gasteiger partial charge >= 0.3 is 11.9 Å². The number of aromatic nitrogens is 2. The second kappa shape index (κ2) is 9.71. The van der Waals surface area contributed by atoms with Gasteiger partial charge in [0.15, 0.2) is 5.69 Å². The number of hydrogen-bond donors (Lipinski definition) is 4. The van der Waals surface area contributed by atoms with E-state index in [0.717, 1.165) is 22.8 Å². The van der Waals surface area contributed by atoms with Crippen molar-refractivity contribution in [2.75, 3.05) is 0 Å². The van der Waals surface area contributed by atoms with Crippen LogP contribution < -0.4 is 5.32 Å². The maximum atomic E-state index is 12.5. The number of nitrogens with one attached hydrogen (secondary N) is 2. The van der Waals surface area contributed by atoms with E-state index in [1.54, 1.807) is 6.92 Å². The van der Waals surface area contributed by atoms with Crippen molar-refractivity contribution < 1.29 is 24.6 Å². The van der Waals surface area contributed by atoms with Gasteiger partial charge < -0.3 is 15.5 Å². The van der Waals surface area contributed by atoms with Crippen LogP contribution in [0.4, 0.5) is 0 Å². The predicted octanol–water partition coefficient (Wildman–Crippen LogP) is 3.23. The van der Waals surface area contributed by atoms with E-state index in [2.05, 4.69) is 15.5 Å². The summed E-state index contributed by atoms with van der Waals surface area (Å²) in [6.45, 7) is 1.58. The minimum absolute atomic E-state index is 0.00445. The Labute approximate surface area is 178 Å². The maximum Gasteiger partial charge on any atom is 0.356 e. The third kappa shape index (κ3) is 5.79. The average molecular weight is 421 g/mol. The highest BCUT2D eigenvalue weighted by molar-refractivity contribution is 5.95. The smallest absolute Gasteiger partial charge is 0.356 e. The maximum absolute atomic E-state index is 12.5. The summed E-state index contributed by atoms with van der Waals surface area (Å²) in [4.78, 5) is 34.8. The molecule has 8 heteroatoms. The number of carbonyl (C=O) groups is 3. The molecule has 0 aliphatic carbocycles. The van der Waals surface area contributed by atoms with Gasteiger partial charge in [-0.05, 0) is 29.5 Å². The Balaban J connectivity index is 1.74. The van der Waals surface area contributed by atoms with Gasteiger partial charge in [-0.1, -0.05) is 61.5 Å². The first-order chi connectivity index (χ1) is 14.8. The number of aromatic carboxylic acids is 1. The van der Waals surface area contributed by atoms with Crippen molar-refractivity contribution in [1.29, 1.82) is 0 Å². The van der Waals surface area contributed by atoms with Crippen LogP contribution in [0.5, 0.6) is 0 Å². The minimum Gasteiger partial charge on any atom is -0.481 e. The van der Waals surface area contributed by atoms with Gasteiger partial charge in [0, 0.05) is 12.1 Å². The van der Waals surface area contributed by atoms with Gasteiger partial charge in [0.25, 0.3) is 5.91 Å². The second-order valence-corrected chi connectivity index (χ2v) is 7.38. The number of benzene rings is 2. The number of nitrogens with zero attached hydrogens (tertiary/aromatic N) is 1. The zero-order valence-corrected chi connectivity index (χ0v) is 16.9. The Morgan fingerprint density at radius 3 is 2.23 bits per heavy atom. The molecule has 4 N–H and O–H groups in total. The van der Waals surface area contributed by atoms with E-state index in [-0.39, 0.29) is 17.8 Å². The molecule has 1 unspecified atom stereocenters. The number of aromatic amines is 1. The summed E-state index contributed by atoms with van der Waals surface area (Å²) in [5, 5.41) is 27.0. The summed E-state index contributed by atoms with van der Waals surface area (Å²) in [7, 11) is 0. The number of hydrogen-bond acceptors (Lipinski definition) is 4. The number of H-pyrrole nitrogens is 1. The molecule has 0 saturated heterocycles. The summed E-state index contributed by atoms with van der Waals surface area (Å²) in [5.74, 6) is -3.40. The average Bonchev–Trinajstić information content (AvgIpc) is 3.25. The van der Waals surface area contributed by atoms with Crippen LogP contribution in [0.1, 0.15) is 39.9 Å². The van der Waals surface area contributed by atoms with Gasteiger partial charge in [0.2, 0.25) is 0 Å². The van der Waals surface area contributed by atoms with Gasteiger partial charge in [-0.3, -0.25) is 14.7 Å². The van der Waals surface area contributed by atoms with Gasteiger partial charge in [0.1, 0.15) is 5.69 Å². The Hall–Kier alpha value is -3.94. The largest absolute Gasteiger partial charge is 0.481 e. The first-order valence-electron chi connectivity index (χ1n) is 9.80. The first kappa shape index (κ1) is 21.8. The topological polar surface area (TPSA) is 132 Å². The molecule has 1 amide bonds. The van der Waals surface area contributed by atoms with E-state index < -0.39 is 29.8 Å². The molecule has 160 valence electrons. The highest BCUT2D eigenvalue weighted by Crippen LogP contribution is 2.21. The summed E-state index contributed by atoms with van der Waals surface area (Å²) in [5.41, 5.74) is 2.83. The van der Waals surface area contributed by atoms with Gasteiger partial charge in [0.05, 0.1) is 5.92 Å². The Kier molecular flexibility index (Phi) is 6.81. The van der Waals surface area contributed by atoms with Gasteiger partial charge in [-0.15, -0.1) is 0 Å². The molecular formula is C23H23N3O5. The Bertz CT molecular complexity index is 1060. The highest BCUT2D eigenvalue weighted by Gasteiger charge is 2.22. The van der Waals surface area contributed by atoms with E-state index in [0.29, 0.717) is 6.42 Å². The highest BCUT2D eigenvalue weighted by atomic mass is 16.4. The van der Waals surface area contributed by atoms with E-state index in [9.17, 15) is 19.5 Å². The summed E-state index contributed by atoms with van der Waals surface area (Å²) >= 11 is 0. The van der Waals surface area contributed by atoms with Crippen LogP contribution in [0.3, 0.4) is 0 Å². The molecule has 0 spiro atoms. The van der Waals surface area contributed by atoms with Crippen LogP contribution in [-0.2, 0) is 11.2 Å². The summed E-state index contributed by atoms with van der Waals surface area (Å²) in [6, 6.07) is 18.5. The molecule has 8 nitrogen and oxygen atoms in total. The van der Waals surface area contributed by atoms with Crippen molar-refractivity contribution in [3.8, 4) is 11.1 Å². The molecule has 0 bridgehead atoms. The molecule has 3 rings (SSSR count). The SMILES string of the molecule is C[C@H](CC(Cc1ccc(-c2ccccc2)cc1)NC(=O)c1cc(C(=O)O)n[nH]1)C(=O)O. The van der Waals surface area contributed by atoms with Crippen LogP contribution in [-0.4, -0.2) is 44.3 Å². The number of carbonyl (C=O) groups excluding carboxylic acids is 1. The zero-order valence-electron chi connectivity index (χ0n) is 16.9. The lowest BCUT2D eigenvalue weighted by molar-refractivity contribution is -0.141. The van der Waals surface area contributed by atoms with Crippen molar-refractivity contribution in [2.45, 2.75) is 25.8 Å². The fraction of sp³-hybridized carbons (Fsp3) is 0.217. The van der Waals surface area contributed by atoms with Crippen LogP contribution in [0, 0.1) is 5.92 Å². The quantitative estimate of drug-likeness (QED) is 0.419. The molecular weight excluding hydrogens is 398 g/mol. The van der Waals surface area contributed by atoms with Crippen molar-refractivity contribution in [3.63, 3.8) is 0 Å². The molecule has 2 aromatic carbocycles. The summed E-state index contributed by atoms with van der Waals surface area (Å²) < 4.78 is 0. The number of amides is 1. The van der Waals surface area contributed by atoms with Crippen molar-refractivity contribution in [3.05, 3.63) is 77.6 Å². The van der Waals surface area contributed by atoms with Crippen molar-refractivity contribution >= 4 is 17.8 Å². The summed E-state index contributed by atoms with van der Waals surface area (Å²) in [6.07, 6.45) is 0.653. The van der Waals surface area contributed by atoms with Crippen LogP contribution >= 0.6 is 0 Å². The van der Waals surface area contributed by atoms with E-state index in [1.807, 2.05) is 54.6 Å². The van der Waals surface area contributed by atoms with Crippen LogP contribution in [0.2, 0.25) is 0 Å². The third-order valence-corrected chi connectivity index (χ3v) is 4.98. The molecule has 0 saturated carbocycles. The number of carboxylic acids is 2. The molecule has 31 heavy (non-hydrogen) atoms. The first-order valence-corrected chi connectivity index (χ1v) is 9.80. The molecule has 0 aliphatic rings. The van der Waals surface area contributed by atoms with Crippen LogP contribution in [0.15, 0.2) is 60.7 Å². The predicted molar refractivity (Wildman–Crippen MR) is 114 cm³/mol. The van der Waals surface area contributed by atoms with E-state index in [1.165, 1.54) is 0 Å². The lowest BCUT2D eigenvalue weighted by atomic mass is 9.95. The lowest BCUT2D eigenvalue weighted by Crippen LogP contribution is -2.38. The normalized spacial score (nSPS) is 12.7. The molecule has 1 heterocycles. The molecule has 0 radical (unpaired) electrons. The van der Waals surface area contributed by atoms with Gasteiger partial charge in [-0.2, -0.15) is 5.10 Å². The van der Waals surface area contributed by atoms with E-state index >= 15 is 0 Å². The number of rotatable bonds is 9. The number of carboxylic acid groups (broad SMARTS) is 2.